The van der Waals surface area contributed by atoms with Crippen LogP contribution in [0.2, 0.25) is 0 Å². The molecule has 1 saturated carbocycles. The lowest BCUT2D eigenvalue weighted by molar-refractivity contribution is 0.0538. The molecule has 1 N–H and O–H groups in total. The van der Waals surface area contributed by atoms with E-state index in [2.05, 4.69) is 18.3 Å². The molecule has 3 nitrogen and oxygen atoms in total. The molecule has 0 saturated heterocycles. The number of rotatable bonds is 6. The highest BCUT2D eigenvalue weighted by Gasteiger charge is 2.21. The molecule has 2 rings (SSSR count). The van der Waals surface area contributed by atoms with Crippen molar-refractivity contribution in [2.24, 2.45) is 0 Å². The second kappa shape index (κ2) is 5.02. The summed E-state index contributed by atoms with van der Waals surface area (Å²) in [4.78, 5) is 0. The number of aryl methyl sites for hydroxylation is 1. The summed E-state index contributed by atoms with van der Waals surface area (Å²) in [5.74, 6) is 1.98. The van der Waals surface area contributed by atoms with E-state index in [0.29, 0.717) is 6.61 Å². The van der Waals surface area contributed by atoms with Crippen LogP contribution in [-0.2, 0) is 17.9 Å². The number of nitrogens with one attached hydrogen (secondary N) is 1. The first-order valence-corrected chi connectivity index (χ1v) is 6.08. The zero-order chi connectivity index (χ0) is 11.5. The molecule has 0 radical (unpaired) electrons. The minimum Gasteiger partial charge on any atom is -0.462 e. The van der Waals surface area contributed by atoms with Gasteiger partial charge in [-0.1, -0.05) is 0 Å². The molecule has 0 atom stereocenters. The molecule has 1 aromatic rings. The van der Waals surface area contributed by atoms with E-state index in [-0.39, 0.29) is 6.10 Å². The van der Waals surface area contributed by atoms with Gasteiger partial charge in [0.05, 0.1) is 12.6 Å². The van der Waals surface area contributed by atoms with Gasteiger partial charge in [-0.2, -0.15) is 0 Å². The van der Waals surface area contributed by atoms with Gasteiger partial charge in [0.15, 0.2) is 0 Å². The van der Waals surface area contributed by atoms with Crippen LogP contribution in [0.1, 0.15) is 43.8 Å². The summed E-state index contributed by atoms with van der Waals surface area (Å²) in [7, 11) is 0. The van der Waals surface area contributed by atoms with Crippen molar-refractivity contribution in [2.45, 2.75) is 58.9 Å². The Bertz CT molecular complexity index is 340. The highest BCUT2D eigenvalue weighted by molar-refractivity contribution is 5.19. The summed E-state index contributed by atoms with van der Waals surface area (Å²) >= 11 is 0. The van der Waals surface area contributed by atoms with Gasteiger partial charge in [0, 0.05) is 6.04 Å². The van der Waals surface area contributed by atoms with E-state index in [1.54, 1.807) is 0 Å². The SMILES string of the molecule is Cc1cc(COC(C)C)oc1CNC1CC1. The van der Waals surface area contributed by atoms with E-state index in [1.807, 2.05) is 13.8 Å². The molecule has 0 aromatic carbocycles. The highest BCUT2D eigenvalue weighted by Crippen LogP contribution is 2.21. The molecule has 3 heteroatoms. The minimum atomic E-state index is 0.249. The Morgan fingerprint density at radius 1 is 1.50 bits per heavy atom. The first kappa shape index (κ1) is 11.7. The zero-order valence-corrected chi connectivity index (χ0v) is 10.4. The molecule has 1 heterocycles. The van der Waals surface area contributed by atoms with Crippen molar-refractivity contribution in [2.75, 3.05) is 0 Å². The highest BCUT2D eigenvalue weighted by atomic mass is 16.5. The Labute approximate surface area is 97.2 Å². The van der Waals surface area contributed by atoms with Gasteiger partial charge in [0.25, 0.3) is 0 Å². The molecule has 0 bridgehead atoms. The van der Waals surface area contributed by atoms with Gasteiger partial charge in [-0.25, -0.2) is 0 Å². The van der Waals surface area contributed by atoms with Crippen molar-refractivity contribution in [1.82, 2.24) is 5.32 Å². The predicted octanol–water partition coefficient (Wildman–Crippen LogP) is 2.77. The normalized spacial score (nSPS) is 16.0. The van der Waals surface area contributed by atoms with Crippen LogP contribution in [0.3, 0.4) is 0 Å². The lowest BCUT2D eigenvalue weighted by Gasteiger charge is -2.04. The van der Waals surface area contributed by atoms with Crippen molar-refractivity contribution in [3.8, 4) is 0 Å². The van der Waals surface area contributed by atoms with E-state index >= 15 is 0 Å². The lowest BCUT2D eigenvalue weighted by Crippen LogP contribution is -2.15. The molecule has 0 aliphatic heterocycles. The number of furan rings is 1. The molecule has 16 heavy (non-hydrogen) atoms. The van der Waals surface area contributed by atoms with Crippen LogP contribution < -0.4 is 5.32 Å². The van der Waals surface area contributed by atoms with Crippen LogP contribution >= 0.6 is 0 Å². The molecule has 1 aliphatic rings. The number of hydrogen-bond acceptors (Lipinski definition) is 3. The quantitative estimate of drug-likeness (QED) is 0.805. The van der Waals surface area contributed by atoms with Gasteiger partial charge >= 0.3 is 0 Å². The van der Waals surface area contributed by atoms with Crippen LogP contribution in [0.15, 0.2) is 10.5 Å². The van der Waals surface area contributed by atoms with E-state index in [0.717, 1.165) is 24.1 Å². The molecule has 90 valence electrons. The van der Waals surface area contributed by atoms with E-state index in [4.69, 9.17) is 9.15 Å². The van der Waals surface area contributed by atoms with Crippen LogP contribution in [0.4, 0.5) is 0 Å². The smallest absolute Gasteiger partial charge is 0.130 e. The zero-order valence-electron chi connectivity index (χ0n) is 10.4. The van der Waals surface area contributed by atoms with Crippen molar-refractivity contribution in [3.63, 3.8) is 0 Å². The van der Waals surface area contributed by atoms with Gasteiger partial charge in [0.1, 0.15) is 18.1 Å². The Morgan fingerprint density at radius 2 is 2.25 bits per heavy atom. The molecule has 0 spiro atoms. The average molecular weight is 223 g/mol. The van der Waals surface area contributed by atoms with E-state index in [1.165, 1.54) is 18.4 Å². The molecule has 0 unspecified atom stereocenters. The maximum absolute atomic E-state index is 5.76. The average Bonchev–Trinajstić information content (AvgIpc) is 2.98. The van der Waals surface area contributed by atoms with Gasteiger partial charge < -0.3 is 14.5 Å². The molecular weight excluding hydrogens is 202 g/mol. The molecule has 1 fully saturated rings. The molecular formula is C13H21NO2. The Balaban J connectivity index is 1.86. The Hall–Kier alpha value is -0.800. The first-order valence-electron chi connectivity index (χ1n) is 6.08. The third-order valence-electron chi connectivity index (χ3n) is 2.76. The number of hydrogen-bond donors (Lipinski definition) is 1. The second-order valence-corrected chi connectivity index (χ2v) is 4.83. The number of ether oxygens (including phenoxy) is 1. The fraction of sp³-hybridized carbons (Fsp3) is 0.692. The van der Waals surface area contributed by atoms with Crippen LogP contribution in [-0.4, -0.2) is 12.1 Å². The van der Waals surface area contributed by atoms with Crippen molar-refractivity contribution >= 4 is 0 Å². The summed E-state index contributed by atoms with van der Waals surface area (Å²) in [5.41, 5.74) is 1.22. The summed E-state index contributed by atoms with van der Waals surface area (Å²) in [6.45, 7) is 7.57. The predicted molar refractivity (Wildman–Crippen MR) is 63.2 cm³/mol. The third-order valence-corrected chi connectivity index (χ3v) is 2.76. The molecule has 0 amide bonds. The maximum Gasteiger partial charge on any atom is 0.130 e. The summed E-state index contributed by atoms with van der Waals surface area (Å²) < 4.78 is 11.3. The Morgan fingerprint density at radius 3 is 2.88 bits per heavy atom. The largest absolute Gasteiger partial charge is 0.462 e. The van der Waals surface area contributed by atoms with Gasteiger partial charge in [0.2, 0.25) is 0 Å². The van der Waals surface area contributed by atoms with E-state index in [9.17, 15) is 0 Å². The van der Waals surface area contributed by atoms with Gasteiger partial charge in [-0.05, 0) is 45.2 Å². The van der Waals surface area contributed by atoms with Gasteiger partial charge in [-0.15, -0.1) is 0 Å². The van der Waals surface area contributed by atoms with Crippen molar-refractivity contribution < 1.29 is 9.15 Å². The fourth-order valence-corrected chi connectivity index (χ4v) is 1.61. The first-order chi connectivity index (χ1) is 7.65. The van der Waals surface area contributed by atoms with Crippen LogP contribution in [0.25, 0.3) is 0 Å². The van der Waals surface area contributed by atoms with Crippen LogP contribution in [0, 0.1) is 6.92 Å². The van der Waals surface area contributed by atoms with Crippen molar-refractivity contribution in [3.05, 3.63) is 23.2 Å². The van der Waals surface area contributed by atoms with Crippen molar-refractivity contribution in [1.29, 1.82) is 0 Å². The van der Waals surface area contributed by atoms with E-state index < -0.39 is 0 Å². The lowest BCUT2D eigenvalue weighted by atomic mass is 10.2. The van der Waals surface area contributed by atoms with Crippen LogP contribution in [0.5, 0.6) is 0 Å². The Kier molecular flexibility index (Phi) is 3.66. The summed E-state index contributed by atoms with van der Waals surface area (Å²) in [6, 6.07) is 2.80. The maximum atomic E-state index is 5.76. The molecule has 1 aliphatic carbocycles. The molecule has 1 aromatic heterocycles. The fourth-order valence-electron chi connectivity index (χ4n) is 1.61. The van der Waals surface area contributed by atoms with Gasteiger partial charge in [-0.3, -0.25) is 0 Å². The monoisotopic (exact) mass is 223 g/mol. The topological polar surface area (TPSA) is 34.4 Å². The summed E-state index contributed by atoms with van der Waals surface area (Å²) in [5, 5.41) is 3.46. The third kappa shape index (κ3) is 3.35. The minimum absolute atomic E-state index is 0.249. The standard InChI is InChI=1S/C13H21NO2/c1-9(2)15-8-12-6-10(3)13(16-12)7-14-11-4-5-11/h6,9,11,14H,4-5,7-8H2,1-3H3. The second-order valence-electron chi connectivity index (χ2n) is 4.83. The summed E-state index contributed by atoms with van der Waals surface area (Å²) in [6.07, 6.45) is 2.87.